The maximum atomic E-state index is 10.5. The Labute approximate surface area is 92.5 Å². The molecule has 1 unspecified atom stereocenters. The molecule has 0 amide bonds. The van der Waals surface area contributed by atoms with Crippen molar-refractivity contribution in [1.29, 1.82) is 0 Å². The Morgan fingerprint density at radius 1 is 1.53 bits per heavy atom. The summed E-state index contributed by atoms with van der Waals surface area (Å²) in [6.07, 6.45) is 0.827. The number of hydrogen-bond acceptors (Lipinski definition) is 4. The first-order valence-corrected chi connectivity index (χ1v) is 5.49. The highest BCUT2D eigenvalue weighted by molar-refractivity contribution is 8.02. The third-order valence-electron chi connectivity index (χ3n) is 2.15. The molecule has 1 aromatic carbocycles. The van der Waals surface area contributed by atoms with Gasteiger partial charge in [-0.15, -0.1) is 11.8 Å². The van der Waals surface area contributed by atoms with Gasteiger partial charge in [-0.05, 0) is 23.1 Å². The Kier molecular flexibility index (Phi) is 2.97. The maximum Gasteiger partial charge on any atom is 0.166 e. The Morgan fingerprint density at radius 2 is 2.40 bits per heavy atom. The van der Waals surface area contributed by atoms with Crippen molar-refractivity contribution >= 4 is 18.0 Å². The summed E-state index contributed by atoms with van der Waals surface area (Å²) in [5.41, 5.74) is 1.74. The molecular weight excluding hydrogens is 210 g/mol. The summed E-state index contributed by atoms with van der Waals surface area (Å²) >= 11 is 1.59. The average Bonchev–Trinajstić information content (AvgIpc) is 2.78. The summed E-state index contributed by atoms with van der Waals surface area (Å²) in [7, 11) is 1.64. The molecule has 0 aromatic heterocycles. The molecule has 2 rings (SSSR count). The van der Waals surface area contributed by atoms with Gasteiger partial charge in [-0.3, -0.25) is 4.79 Å². The van der Waals surface area contributed by atoms with Crippen LogP contribution < -0.4 is 10.1 Å². The topological polar surface area (TPSA) is 38.3 Å². The van der Waals surface area contributed by atoms with Crippen LogP contribution in [0.25, 0.3) is 0 Å². The van der Waals surface area contributed by atoms with E-state index in [1.165, 1.54) is 0 Å². The van der Waals surface area contributed by atoms with Crippen molar-refractivity contribution in [2.75, 3.05) is 7.11 Å². The molecule has 0 aliphatic carbocycles. The monoisotopic (exact) mass is 221 g/mol. The fraction of sp³-hybridized carbons (Fsp3) is 0.182. The molecule has 4 heteroatoms. The van der Waals surface area contributed by atoms with Gasteiger partial charge in [0.05, 0.1) is 12.8 Å². The number of thioether (sulfide) groups is 1. The van der Waals surface area contributed by atoms with Crippen molar-refractivity contribution in [2.24, 2.45) is 0 Å². The Morgan fingerprint density at radius 3 is 3.07 bits per heavy atom. The van der Waals surface area contributed by atoms with Gasteiger partial charge in [0.25, 0.3) is 0 Å². The number of nitrogens with one attached hydrogen (secondary N) is 1. The van der Waals surface area contributed by atoms with Crippen molar-refractivity contribution in [3.63, 3.8) is 0 Å². The minimum Gasteiger partial charge on any atom is -0.497 e. The van der Waals surface area contributed by atoms with Gasteiger partial charge in [-0.25, -0.2) is 0 Å². The Bertz CT molecular complexity index is 403. The van der Waals surface area contributed by atoms with Crippen molar-refractivity contribution in [3.8, 4) is 5.75 Å². The zero-order chi connectivity index (χ0) is 10.7. The summed E-state index contributed by atoms with van der Waals surface area (Å²) in [5.74, 6) is 0.828. The van der Waals surface area contributed by atoms with Crippen LogP contribution in [0.1, 0.15) is 10.9 Å². The lowest BCUT2D eigenvalue weighted by atomic mass is 10.2. The van der Waals surface area contributed by atoms with E-state index in [9.17, 15) is 4.79 Å². The smallest absolute Gasteiger partial charge is 0.166 e. The molecule has 1 aliphatic rings. The zero-order valence-electron chi connectivity index (χ0n) is 8.27. The van der Waals surface area contributed by atoms with Gasteiger partial charge in [-0.1, -0.05) is 12.1 Å². The summed E-state index contributed by atoms with van der Waals surface area (Å²) < 4.78 is 5.14. The summed E-state index contributed by atoms with van der Waals surface area (Å²) in [6, 6.07) is 7.81. The number of benzene rings is 1. The highest BCUT2D eigenvalue weighted by Gasteiger charge is 2.17. The van der Waals surface area contributed by atoms with Crippen LogP contribution in [0.2, 0.25) is 0 Å². The highest BCUT2D eigenvalue weighted by atomic mass is 32.2. The molecule has 3 nitrogen and oxygen atoms in total. The molecule has 1 heterocycles. The molecule has 1 N–H and O–H groups in total. The van der Waals surface area contributed by atoms with Gasteiger partial charge in [0, 0.05) is 0 Å². The van der Waals surface area contributed by atoms with Crippen LogP contribution in [0.3, 0.4) is 0 Å². The SMILES string of the molecule is COc1cccc(C2NC(C=O)=CS2)c1. The van der Waals surface area contributed by atoms with Crippen LogP contribution in [-0.2, 0) is 4.79 Å². The minimum atomic E-state index is 0.111. The lowest BCUT2D eigenvalue weighted by Gasteiger charge is -2.12. The van der Waals surface area contributed by atoms with E-state index in [0.717, 1.165) is 17.6 Å². The van der Waals surface area contributed by atoms with Crippen LogP contribution in [0.4, 0.5) is 0 Å². The minimum absolute atomic E-state index is 0.111. The average molecular weight is 221 g/mol. The number of rotatable bonds is 3. The van der Waals surface area contributed by atoms with Crippen LogP contribution in [0, 0.1) is 0 Å². The fourth-order valence-electron chi connectivity index (χ4n) is 1.39. The molecule has 0 spiro atoms. The molecule has 1 aliphatic heterocycles. The van der Waals surface area contributed by atoms with Crippen LogP contribution in [0.5, 0.6) is 5.75 Å². The lowest BCUT2D eigenvalue weighted by molar-refractivity contribution is -0.105. The second kappa shape index (κ2) is 4.40. The van der Waals surface area contributed by atoms with Crippen molar-refractivity contribution in [3.05, 3.63) is 40.9 Å². The van der Waals surface area contributed by atoms with E-state index >= 15 is 0 Å². The first kappa shape index (κ1) is 10.1. The third-order valence-corrected chi connectivity index (χ3v) is 3.20. The molecule has 15 heavy (non-hydrogen) atoms. The van der Waals surface area contributed by atoms with Crippen molar-refractivity contribution < 1.29 is 9.53 Å². The van der Waals surface area contributed by atoms with Gasteiger partial charge in [0.15, 0.2) is 6.29 Å². The Hall–Kier alpha value is -1.42. The predicted molar refractivity (Wildman–Crippen MR) is 60.6 cm³/mol. The molecule has 0 fully saturated rings. The fourth-order valence-corrected chi connectivity index (χ4v) is 2.30. The van der Waals surface area contributed by atoms with Gasteiger partial charge in [0.2, 0.25) is 0 Å². The van der Waals surface area contributed by atoms with Gasteiger partial charge in [0.1, 0.15) is 11.1 Å². The molecule has 0 radical (unpaired) electrons. The number of methoxy groups -OCH3 is 1. The van der Waals surface area contributed by atoms with E-state index in [2.05, 4.69) is 5.32 Å². The highest BCUT2D eigenvalue weighted by Crippen LogP contribution is 2.34. The van der Waals surface area contributed by atoms with E-state index < -0.39 is 0 Å². The Balaban J connectivity index is 2.14. The zero-order valence-corrected chi connectivity index (χ0v) is 9.08. The van der Waals surface area contributed by atoms with Gasteiger partial charge >= 0.3 is 0 Å². The first-order chi connectivity index (χ1) is 7.33. The standard InChI is InChI=1S/C11H11NO2S/c1-14-10-4-2-3-8(5-10)11-12-9(6-13)7-15-11/h2-7,11-12H,1H3. The largest absolute Gasteiger partial charge is 0.497 e. The third kappa shape index (κ3) is 2.15. The van der Waals surface area contributed by atoms with E-state index in [-0.39, 0.29) is 5.37 Å². The summed E-state index contributed by atoms with van der Waals surface area (Å²) in [5, 5.41) is 5.05. The van der Waals surface area contributed by atoms with E-state index in [1.54, 1.807) is 18.9 Å². The van der Waals surface area contributed by atoms with Gasteiger partial charge < -0.3 is 10.1 Å². The molecule has 1 atom stereocenters. The van der Waals surface area contributed by atoms with Crippen LogP contribution in [0.15, 0.2) is 35.4 Å². The van der Waals surface area contributed by atoms with Crippen LogP contribution >= 0.6 is 11.8 Å². The normalized spacial score (nSPS) is 19.3. The van der Waals surface area contributed by atoms with Gasteiger partial charge in [-0.2, -0.15) is 0 Å². The predicted octanol–water partition coefficient (Wildman–Crippen LogP) is 2.07. The number of hydrogen-bond donors (Lipinski definition) is 1. The molecule has 0 bridgehead atoms. The number of carbonyl (C=O) groups excluding carboxylic acids is 1. The second-order valence-corrected chi connectivity index (χ2v) is 4.11. The number of allylic oxidation sites excluding steroid dienone is 1. The van der Waals surface area contributed by atoms with E-state index in [4.69, 9.17) is 4.74 Å². The lowest BCUT2D eigenvalue weighted by Crippen LogP contribution is -2.13. The maximum absolute atomic E-state index is 10.5. The summed E-state index contributed by atoms with van der Waals surface area (Å²) in [4.78, 5) is 10.5. The molecular formula is C11H11NO2S. The number of ether oxygens (including phenoxy) is 1. The molecule has 0 saturated heterocycles. The molecule has 0 saturated carbocycles. The number of carbonyl (C=O) groups is 1. The van der Waals surface area contributed by atoms with E-state index in [1.807, 2.05) is 29.7 Å². The van der Waals surface area contributed by atoms with E-state index in [0.29, 0.717) is 5.70 Å². The quantitative estimate of drug-likeness (QED) is 0.793. The summed E-state index contributed by atoms with van der Waals surface area (Å²) in [6.45, 7) is 0. The molecule has 1 aromatic rings. The first-order valence-electron chi connectivity index (χ1n) is 4.55. The van der Waals surface area contributed by atoms with Crippen molar-refractivity contribution in [2.45, 2.75) is 5.37 Å². The van der Waals surface area contributed by atoms with Crippen molar-refractivity contribution in [1.82, 2.24) is 5.32 Å². The second-order valence-electron chi connectivity index (χ2n) is 3.13. The molecule has 78 valence electrons. The number of aldehydes is 1. The van der Waals surface area contributed by atoms with Crippen LogP contribution in [-0.4, -0.2) is 13.4 Å².